The maximum atomic E-state index is 13.5. The number of carbonyl (C=O) groups is 1. The van der Waals surface area contributed by atoms with E-state index in [0.29, 0.717) is 12.1 Å². The Labute approximate surface area is 191 Å². The van der Waals surface area contributed by atoms with Gasteiger partial charge in [0.1, 0.15) is 6.04 Å². The topological polar surface area (TPSA) is 66.5 Å². The molecule has 0 saturated heterocycles. The molecule has 0 saturated carbocycles. The van der Waals surface area contributed by atoms with E-state index < -0.39 is 22.1 Å². The van der Waals surface area contributed by atoms with Gasteiger partial charge in [0.25, 0.3) is 0 Å². The first kappa shape index (κ1) is 23.5. The minimum Gasteiger partial charge on any atom is -0.343 e. The van der Waals surface area contributed by atoms with Crippen molar-refractivity contribution < 1.29 is 13.2 Å². The molecule has 3 rings (SSSR count). The van der Waals surface area contributed by atoms with Gasteiger partial charge in [-0.1, -0.05) is 84.8 Å². The maximum absolute atomic E-state index is 13.5. The normalized spacial score (nSPS) is 13.2. The molecule has 168 valence electrons. The largest absolute Gasteiger partial charge is 0.343 e. The van der Waals surface area contributed by atoms with E-state index >= 15 is 0 Å². The highest BCUT2D eigenvalue weighted by molar-refractivity contribution is 7.92. The number of rotatable bonds is 8. The molecular weight excluding hydrogens is 420 g/mol. The Morgan fingerprint density at radius 3 is 1.84 bits per heavy atom. The monoisotopic (exact) mass is 450 g/mol. The summed E-state index contributed by atoms with van der Waals surface area (Å²) in [7, 11) is -3.69. The molecule has 3 aromatic carbocycles. The van der Waals surface area contributed by atoms with Gasteiger partial charge >= 0.3 is 0 Å². The number of anilines is 1. The summed E-state index contributed by atoms with van der Waals surface area (Å²) in [5.41, 5.74) is 4.49. The van der Waals surface area contributed by atoms with Crippen LogP contribution < -0.4 is 9.62 Å². The Morgan fingerprint density at radius 2 is 1.34 bits per heavy atom. The van der Waals surface area contributed by atoms with Crippen molar-refractivity contribution in [3.8, 4) is 0 Å². The summed E-state index contributed by atoms with van der Waals surface area (Å²) in [5, 5.41) is 3.11. The molecule has 0 aliphatic carbocycles. The van der Waals surface area contributed by atoms with E-state index in [9.17, 15) is 13.2 Å². The second-order valence-corrected chi connectivity index (χ2v) is 9.94. The van der Waals surface area contributed by atoms with Crippen molar-refractivity contribution in [2.24, 2.45) is 0 Å². The SMILES string of the molecule is CC[C@@H](C(=O)N[C@H](c1ccccc1)c1ccc(C)cc1)N(c1ccc(C)cc1)S(C)(=O)=O. The summed E-state index contributed by atoms with van der Waals surface area (Å²) in [4.78, 5) is 13.5. The Bertz CT molecular complexity index is 1140. The van der Waals surface area contributed by atoms with Crippen molar-refractivity contribution in [3.63, 3.8) is 0 Å². The number of hydrogen-bond acceptors (Lipinski definition) is 3. The van der Waals surface area contributed by atoms with Crippen LogP contribution >= 0.6 is 0 Å². The molecule has 0 fully saturated rings. The summed E-state index contributed by atoms with van der Waals surface area (Å²) in [6.45, 7) is 5.77. The van der Waals surface area contributed by atoms with Crippen LogP contribution in [-0.2, 0) is 14.8 Å². The zero-order valence-corrected chi connectivity index (χ0v) is 19.8. The van der Waals surface area contributed by atoms with Gasteiger partial charge in [-0.15, -0.1) is 0 Å². The number of nitrogens with zero attached hydrogens (tertiary/aromatic N) is 1. The summed E-state index contributed by atoms with van der Waals surface area (Å²) in [5.74, 6) is -0.340. The van der Waals surface area contributed by atoms with Crippen LogP contribution in [0.3, 0.4) is 0 Å². The average Bonchev–Trinajstić information content (AvgIpc) is 2.77. The minimum absolute atomic E-state index is 0.336. The highest BCUT2D eigenvalue weighted by Crippen LogP contribution is 2.26. The summed E-state index contributed by atoms with van der Waals surface area (Å²) >= 11 is 0. The molecule has 0 aliphatic heterocycles. The van der Waals surface area contributed by atoms with E-state index in [2.05, 4.69) is 5.32 Å². The van der Waals surface area contributed by atoms with E-state index in [1.165, 1.54) is 4.31 Å². The molecule has 0 radical (unpaired) electrons. The van der Waals surface area contributed by atoms with Gasteiger partial charge < -0.3 is 5.32 Å². The molecule has 0 heterocycles. The molecule has 0 aromatic heterocycles. The highest BCUT2D eigenvalue weighted by atomic mass is 32.2. The van der Waals surface area contributed by atoms with E-state index in [1.54, 1.807) is 12.1 Å². The number of aryl methyl sites for hydroxylation is 2. The standard InChI is InChI=1S/C26H30N2O3S/c1-5-24(28(32(4,30)31)23-17-13-20(3)14-18-23)26(29)27-25(21-9-7-6-8-10-21)22-15-11-19(2)12-16-22/h6-18,24-25H,5H2,1-4H3,(H,27,29)/t24-,25+/m0/s1. The predicted octanol–water partition coefficient (Wildman–Crippen LogP) is 4.75. The molecule has 2 atom stereocenters. The fraction of sp³-hybridized carbons (Fsp3) is 0.269. The Kier molecular flexibility index (Phi) is 7.36. The molecular formula is C26H30N2O3S. The van der Waals surface area contributed by atoms with Gasteiger partial charge in [0.2, 0.25) is 15.9 Å². The second-order valence-electron chi connectivity index (χ2n) is 8.08. The van der Waals surface area contributed by atoms with Crippen molar-refractivity contribution in [2.75, 3.05) is 10.6 Å². The third kappa shape index (κ3) is 5.56. The fourth-order valence-corrected chi connectivity index (χ4v) is 4.97. The van der Waals surface area contributed by atoms with Gasteiger partial charge in [0.05, 0.1) is 18.0 Å². The number of hydrogen-bond donors (Lipinski definition) is 1. The molecule has 1 amide bonds. The first-order valence-corrected chi connectivity index (χ1v) is 12.5. The third-order valence-corrected chi connectivity index (χ3v) is 6.63. The van der Waals surface area contributed by atoms with Crippen LogP contribution in [0.1, 0.15) is 41.6 Å². The van der Waals surface area contributed by atoms with Crippen molar-refractivity contribution in [2.45, 2.75) is 39.3 Å². The molecule has 1 N–H and O–H groups in total. The lowest BCUT2D eigenvalue weighted by Gasteiger charge is -2.32. The number of sulfonamides is 1. The number of amides is 1. The Hall–Kier alpha value is -3.12. The van der Waals surface area contributed by atoms with Crippen LogP contribution in [-0.4, -0.2) is 26.6 Å². The van der Waals surface area contributed by atoms with Gasteiger partial charge in [-0.2, -0.15) is 0 Å². The highest BCUT2D eigenvalue weighted by Gasteiger charge is 2.33. The molecule has 0 spiro atoms. The van der Waals surface area contributed by atoms with Crippen LogP contribution in [0.25, 0.3) is 0 Å². The van der Waals surface area contributed by atoms with Crippen LogP contribution in [0.5, 0.6) is 0 Å². The Morgan fingerprint density at radius 1 is 0.844 bits per heavy atom. The molecule has 3 aromatic rings. The second kappa shape index (κ2) is 10.0. The molecule has 5 nitrogen and oxygen atoms in total. The van der Waals surface area contributed by atoms with Gasteiger partial charge in [0, 0.05) is 0 Å². The fourth-order valence-electron chi connectivity index (χ4n) is 3.75. The first-order valence-electron chi connectivity index (χ1n) is 10.7. The smallest absolute Gasteiger partial charge is 0.244 e. The van der Waals surface area contributed by atoms with Gasteiger partial charge in [-0.3, -0.25) is 9.10 Å². The first-order chi connectivity index (χ1) is 15.2. The lowest BCUT2D eigenvalue weighted by atomic mass is 9.97. The zero-order chi connectivity index (χ0) is 23.3. The summed E-state index contributed by atoms with van der Waals surface area (Å²) < 4.78 is 26.7. The van der Waals surface area contributed by atoms with Gasteiger partial charge in [0.15, 0.2) is 0 Å². The molecule has 32 heavy (non-hydrogen) atoms. The number of benzene rings is 3. The van der Waals surface area contributed by atoms with Crippen LogP contribution in [0.15, 0.2) is 78.9 Å². The summed E-state index contributed by atoms with van der Waals surface area (Å²) in [6.07, 6.45) is 1.47. The predicted molar refractivity (Wildman–Crippen MR) is 130 cm³/mol. The Balaban J connectivity index is 1.98. The third-order valence-electron chi connectivity index (χ3n) is 5.45. The van der Waals surface area contributed by atoms with Crippen LogP contribution in [0.4, 0.5) is 5.69 Å². The molecule has 0 aliphatic rings. The minimum atomic E-state index is -3.69. The van der Waals surface area contributed by atoms with Crippen molar-refractivity contribution in [3.05, 3.63) is 101 Å². The van der Waals surface area contributed by atoms with E-state index in [1.807, 2.05) is 87.5 Å². The van der Waals surface area contributed by atoms with Crippen molar-refractivity contribution in [1.29, 1.82) is 0 Å². The number of nitrogens with one attached hydrogen (secondary N) is 1. The zero-order valence-electron chi connectivity index (χ0n) is 18.9. The van der Waals surface area contributed by atoms with Crippen molar-refractivity contribution >= 4 is 21.6 Å². The van der Waals surface area contributed by atoms with Crippen LogP contribution in [0.2, 0.25) is 0 Å². The molecule has 0 unspecified atom stereocenters. The van der Waals surface area contributed by atoms with E-state index in [4.69, 9.17) is 0 Å². The quantitative estimate of drug-likeness (QED) is 0.538. The van der Waals surface area contributed by atoms with Gasteiger partial charge in [-0.05, 0) is 43.5 Å². The lowest BCUT2D eigenvalue weighted by Crippen LogP contribution is -2.50. The van der Waals surface area contributed by atoms with Gasteiger partial charge in [-0.25, -0.2) is 8.42 Å². The van der Waals surface area contributed by atoms with Crippen molar-refractivity contribution in [1.82, 2.24) is 5.32 Å². The lowest BCUT2D eigenvalue weighted by molar-refractivity contribution is -0.122. The average molecular weight is 451 g/mol. The maximum Gasteiger partial charge on any atom is 0.244 e. The number of carbonyl (C=O) groups excluding carboxylic acids is 1. The van der Waals surface area contributed by atoms with E-state index in [0.717, 1.165) is 28.5 Å². The molecule has 6 heteroatoms. The van der Waals surface area contributed by atoms with E-state index in [-0.39, 0.29) is 5.91 Å². The molecule has 0 bridgehead atoms. The van der Waals surface area contributed by atoms with Crippen LogP contribution in [0, 0.1) is 13.8 Å². The summed E-state index contributed by atoms with van der Waals surface area (Å²) in [6, 6.07) is 23.6.